The fourth-order valence-electron chi connectivity index (χ4n) is 3.86. The first kappa shape index (κ1) is 20.5. The van der Waals surface area contributed by atoms with Gasteiger partial charge < -0.3 is 20.4 Å². The van der Waals surface area contributed by atoms with E-state index < -0.39 is 17.3 Å². The second kappa shape index (κ2) is 7.50. The Morgan fingerprint density at radius 2 is 1.80 bits per heavy atom. The second-order valence-corrected chi connectivity index (χ2v) is 7.96. The molecule has 0 radical (unpaired) electrons. The van der Waals surface area contributed by atoms with Crippen LogP contribution in [0.4, 0.5) is 23.7 Å². The Bertz CT molecular complexity index is 984. The van der Waals surface area contributed by atoms with Crippen molar-refractivity contribution in [2.75, 3.05) is 18.4 Å². The van der Waals surface area contributed by atoms with Crippen LogP contribution in [-0.4, -0.2) is 35.3 Å². The molecule has 1 fully saturated rings. The normalized spacial score (nSPS) is 18.0. The van der Waals surface area contributed by atoms with Gasteiger partial charge in [-0.3, -0.25) is 0 Å². The summed E-state index contributed by atoms with van der Waals surface area (Å²) < 4.78 is 44.2. The Morgan fingerprint density at radius 1 is 1.13 bits per heavy atom. The summed E-state index contributed by atoms with van der Waals surface area (Å²) in [5.41, 5.74) is 0.0955. The first-order valence-electron chi connectivity index (χ1n) is 9.45. The zero-order valence-corrected chi connectivity index (χ0v) is 16.6. The van der Waals surface area contributed by atoms with Crippen LogP contribution in [0.3, 0.4) is 0 Å². The van der Waals surface area contributed by atoms with Crippen molar-refractivity contribution in [2.24, 2.45) is 0 Å². The van der Waals surface area contributed by atoms with Crippen molar-refractivity contribution in [3.05, 3.63) is 58.6 Å². The summed E-state index contributed by atoms with van der Waals surface area (Å²) in [6.45, 7) is 0.805. The fraction of sp³-hybridized carbons (Fsp3) is 0.333. The molecule has 9 heteroatoms. The third kappa shape index (κ3) is 3.96. The number of para-hydroxylation sites is 1. The predicted octanol–water partition coefficient (Wildman–Crippen LogP) is 5.58. The first-order valence-corrected chi connectivity index (χ1v) is 9.83. The molecule has 1 spiro atoms. The zero-order valence-electron chi connectivity index (χ0n) is 15.9. The quantitative estimate of drug-likeness (QED) is 0.612. The average Bonchev–Trinajstić information content (AvgIpc) is 2.69. The fourth-order valence-corrected chi connectivity index (χ4v) is 4.07. The van der Waals surface area contributed by atoms with Crippen LogP contribution in [0.25, 0.3) is 0 Å². The van der Waals surface area contributed by atoms with Gasteiger partial charge in [-0.2, -0.15) is 13.2 Å². The molecule has 2 heterocycles. The number of benzene rings is 2. The molecule has 2 aromatic carbocycles. The Balaban J connectivity index is 1.39. The molecule has 2 N–H and O–H groups in total. The van der Waals surface area contributed by atoms with Crippen LogP contribution < -0.4 is 10.1 Å². The number of fused-ring (bicyclic) bond motifs is 1. The smallest absolute Gasteiger partial charge is 0.416 e. The number of alkyl halides is 3. The number of urea groups is 1. The third-order valence-electron chi connectivity index (χ3n) is 5.54. The summed E-state index contributed by atoms with van der Waals surface area (Å²) in [7, 11) is 0. The SMILES string of the molecule is N=C1CC2(CCN(C(=O)Nc3ccc(C(F)(F)F)cc3)CC2)Oc2c(Cl)cccc21. The molecule has 0 bridgehead atoms. The number of nitrogens with one attached hydrogen (secondary N) is 2. The molecular formula is C21H19ClF3N3O2. The van der Waals surface area contributed by atoms with Crippen molar-refractivity contribution in [1.82, 2.24) is 4.90 Å². The van der Waals surface area contributed by atoms with Gasteiger partial charge in [-0.1, -0.05) is 17.7 Å². The lowest BCUT2D eigenvalue weighted by molar-refractivity contribution is -0.137. The molecule has 0 aliphatic carbocycles. The molecule has 2 aromatic rings. The summed E-state index contributed by atoms with van der Waals surface area (Å²) in [6.07, 6.45) is -2.92. The summed E-state index contributed by atoms with van der Waals surface area (Å²) in [5, 5.41) is 11.4. The number of rotatable bonds is 1. The number of amides is 2. The third-order valence-corrected chi connectivity index (χ3v) is 5.83. The number of piperidine rings is 1. The number of likely N-dealkylation sites (tertiary alicyclic amines) is 1. The van der Waals surface area contributed by atoms with Crippen LogP contribution in [0, 0.1) is 5.41 Å². The van der Waals surface area contributed by atoms with E-state index in [1.807, 2.05) is 6.07 Å². The van der Waals surface area contributed by atoms with Gasteiger partial charge in [0.25, 0.3) is 0 Å². The first-order chi connectivity index (χ1) is 14.2. The molecular weight excluding hydrogens is 419 g/mol. The van der Waals surface area contributed by atoms with Crippen LogP contribution in [-0.2, 0) is 6.18 Å². The van der Waals surface area contributed by atoms with Crippen molar-refractivity contribution in [3.63, 3.8) is 0 Å². The highest BCUT2D eigenvalue weighted by Gasteiger charge is 2.43. The molecule has 2 amide bonds. The maximum absolute atomic E-state index is 12.7. The van der Waals surface area contributed by atoms with Gasteiger partial charge in [0.2, 0.25) is 0 Å². The minimum absolute atomic E-state index is 0.296. The number of carbonyl (C=O) groups excluding carboxylic acids is 1. The average molecular weight is 438 g/mol. The van der Waals surface area contributed by atoms with E-state index >= 15 is 0 Å². The van der Waals surface area contributed by atoms with Crippen molar-refractivity contribution in [2.45, 2.75) is 31.0 Å². The monoisotopic (exact) mass is 437 g/mol. The van der Waals surface area contributed by atoms with Crippen molar-refractivity contribution < 1.29 is 22.7 Å². The van der Waals surface area contributed by atoms with E-state index in [1.54, 1.807) is 17.0 Å². The Kier molecular flexibility index (Phi) is 5.13. The summed E-state index contributed by atoms with van der Waals surface area (Å²) >= 11 is 6.25. The second-order valence-electron chi connectivity index (χ2n) is 7.55. The lowest BCUT2D eigenvalue weighted by atomic mass is 9.82. The van der Waals surface area contributed by atoms with Crippen molar-refractivity contribution in [3.8, 4) is 5.75 Å². The van der Waals surface area contributed by atoms with Gasteiger partial charge in [0.05, 0.1) is 10.6 Å². The maximum Gasteiger partial charge on any atom is 0.416 e. The van der Waals surface area contributed by atoms with Crippen molar-refractivity contribution >= 4 is 29.0 Å². The van der Waals surface area contributed by atoms with Gasteiger partial charge in [0, 0.05) is 49.3 Å². The van der Waals surface area contributed by atoms with Crippen LogP contribution in [0.15, 0.2) is 42.5 Å². The number of hydrogen-bond donors (Lipinski definition) is 2. The summed E-state index contributed by atoms with van der Waals surface area (Å²) in [4.78, 5) is 14.1. The van der Waals surface area contributed by atoms with Gasteiger partial charge in [-0.15, -0.1) is 0 Å². The van der Waals surface area contributed by atoms with Crippen LogP contribution in [0.5, 0.6) is 5.75 Å². The van der Waals surface area contributed by atoms with Crippen LogP contribution in [0.1, 0.15) is 30.4 Å². The van der Waals surface area contributed by atoms with Crippen molar-refractivity contribution in [1.29, 1.82) is 5.41 Å². The number of ether oxygens (including phenoxy) is 1. The molecule has 0 aromatic heterocycles. The van der Waals surface area contributed by atoms with E-state index in [-0.39, 0.29) is 6.03 Å². The summed E-state index contributed by atoms with van der Waals surface area (Å²) in [6, 6.07) is 9.27. The molecule has 4 rings (SSSR count). The molecule has 0 atom stereocenters. The molecule has 2 aliphatic rings. The van der Waals surface area contributed by atoms with Gasteiger partial charge in [-0.25, -0.2) is 4.79 Å². The lowest BCUT2D eigenvalue weighted by Gasteiger charge is -2.44. The number of carbonyl (C=O) groups is 1. The Morgan fingerprint density at radius 3 is 2.43 bits per heavy atom. The topological polar surface area (TPSA) is 65.4 Å². The van der Waals surface area contributed by atoms with E-state index in [2.05, 4.69) is 5.32 Å². The van der Waals surface area contributed by atoms with E-state index in [0.717, 1.165) is 12.1 Å². The predicted molar refractivity (Wildman–Crippen MR) is 108 cm³/mol. The number of anilines is 1. The van der Waals surface area contributed by atoms with E-state index in [0.29, 0.717) is 60.1 Å². The highest BCUT2D eigenvalue weighted by Crippen LogP contribution is 2.42. The van der Waals surface area contributed by atoms with Crippen LogP contribution in [0.2, 0.25) is 5.02 Å². The number of nitrogens with zero attached hydrogens (tertiary/aromatic N) is 1. The molecule has 0 unspecified atom stereocenters. The van der Waals surface area contributed by atoms with Crippen LogP contribution >= 0.6 is 11.6 Å². The minimum Gasteiger partial charge on any atom is -0.484 e. The molecule has 30 heavy (non-hydrogen) atoms. The van der Waals surface area contributed by atoms with E-state index in [9.17, 15) is 18.0 Å². The molecule has 158 valence electrons. The van der Waals surface area contributed by atoms with Gasteiger partial charge in [0.15, 0.2) is 0 Å². The lowest BCUT2D eigenvalue weighted by Crippen LogP contribution is -2.53. The molecule has 5 nitrogen and oxygen atoms in total. The standard InChI is InChI=1S/C21H19ClF3N3O2/c22-16-3-1-2-15-17(26)12-20(30-18(15)16)8-10-28(11-9-20)19(29)27-14-6-4-13(5-7-14)21(23,24)25/h1-7,26H,8-12H2,(H,27,29). The minimum atomic E-state index is -4.42. The molecule has 0 saturated carbocycles. The highest BCUT2D eigenvalue weighted by atomic mass is 35.5. The molecule has 1 saturated heterocycles. The summed E-state index contributed by atoms with van der Waals surface area (Å²) in [5.74, 6) is 0.512. The van der Waals surface area contributed by atoms with Gasteiger partial charge in [-0.05, 0) is 36.4 Å². The molecule has 2 aliphatic heterocycles. The number of halogens is 4. The highest BCUT2D eigenvalue weighted by molar-refractivity contribution is 6.32. The number of hydrogen-bond acceptors (Lipinski definition) is 3. The van der Waals surface area contributed by atoms with Gasteiger partial charge in [0.1, 0.15) is 11.4 Å². The largest absolute Gasteiger partial charge is 0.484 e. The Labute approximate surface area is 176 Å². The van der Waals surface area contributed by atoms with Gasteiger partial charge >= 0.3 is 12.2 Å². The zero-order chi connectivity index (χ0) is 21.5. The Hall–Kier alpha value is -2.74. The maximum atomic E-state index is 12.7. The van der Waals surface area contributed by atoms with E-state index in [4.69, 9.17) is 21.7 Å². The van der Waals surface area contributed by atoms with E-state index in [1.165, 1.54) is 12.1 Å².